The number of halogens is 1. The Hall–Kier alpha value is -0.740. The van der Waals surface area contributed by atoms with Gasteiger partial charge in [0, 0.05) is 6.04 Å². The molecular formula is C11H15ClN2OS. The van der Waals surface area contributed by atoms with Gasteiger partial charge in [0.1, 0.15) is 10.8 Å². The summed E-state index contributed by atoms with van der Waals surface area (Å²) >= 11 is 7.48. The molecule has 0 saturated heterocycles. The Kier molecular flexibility index (Phi) is 5.63. The van der Waals surface area contributed by atoms with Gasteiger partial charge in [-0.15, -0.1) is 0 Å². The van der Waals surface area contributed by atoms with Gasteiger partial charge in [-0.25, -0.2) is 4.98 Å². The molecule has 16 heavy (non-hydrogen) atoms. The number of hydrogen-bond acceptors (Lipinski definition) is 3. The van der Waals surface area contributed by atoms with Crippen molar-refractivity contribution in [3.8, 4) is 0 Å². The highest BCUT2D eigenvalue weighted by Crippen LogP contribution is 2.06. The zero-order valence-corrected chi connectivity index (χ0v) is 10.9. The summed E-state index contributed by atoms with van der Waals surface area (Å²) in [6, 6.07) is 5.18. The molecule has 1 aromatic heterocycles. The minimum absolute atomic E-state index is 0.153. The first-order valence-corrected chi connectivity index (χ1v) is 6.83. The fourth-order valence-corrected chi connectivity index (χ4v) is 1.95. The second-order valence-electron chi connectivity index (χ2n) is 3.50. The maximum Gasteiger partial charge on any atom is 0.270 e. The third-order valence-electron chi connectivity index (χ3n) is 2.08. The zero-order valence-electron chi connectivity index (χ0n) is 9.37. The third kappa shape index (κ3) is 4.41. The summed E-state index contributed by atoms with van der Waals surface area (Å²) in [6.45, 7) is 1.98. The van der Waals surface area contributed by atoms with Crippen molar-refractivity contribution < 1.29 is 4.79 Å². The summed E-state index contributed by atoms with van der Waals surface area (Å²) in [4.78, 5) is 15.7. The molecule has 1 unspecified atom stereocenters. The first-order valence-electron chi connectivity index (χ1n) is 5.06. The first kappa shape index (κ1) is 13.3. The highest BCUT2D eigenvalue weighted by atomic mass is 35.5. The van der Waals surface area contributed by atoms with Gasteiger partial charge in [0.25, 0.3) is 5.91 Å². The molecule has 0 saturated carbocycles. The summed E-state index contributed by atoms with van der Waals surface area (Å²) < 4.78 is 0. The van der Waals surface area contributed by atoms with Crippen molar-refractivity contribution in [3.63, 3.8) is 0 Å². The Morgan fingerprint density at radius 1 is 1.62 bits per heavy atom. The largest absolute Gasteiger partial charge is 0.348 e. The summed E-state index contributed by atoms with van der Waals surface area (Å²) in [6.07, 6.45) is 3.00. The zero-order chi connectivity index (χ0) is 12.0. The Morgan fingerprint density at radius 2 is 2.38 bits per heavy atom. The predicted molar refractivity (Wildman–Crippen MR) is 69.2 cm³/mol. The predicted octanol–water partition coefficient (Wildman–Crippen LogP) is 2.61. The molecule has 0 aliphatic heterocycles. The number of hydrogen-bond donors (Lipinski definition) is 1. The minimum atomic E-state index is -0.170. The molecule has 0 aliphatic rings. The summed E-state index contributed by atoms with van der Waals surface area (Å²) in [7, 11) is 0. The van der Waals surface area contributed by atoms with Crippen LogP contribution in [0.1, 0.15) is 23.8 Å². The van der Waals surface area contributed by atoms with Crippen molar-refractivity contribution in [3.05, 3.63) is 29.0 Å². The lowest BCUT2D eigenvalue weighted by Crippen LogP contribution is -2.33. The minimum Gasteiger partial charge on any atom is -0.348 e. The standard InChI is InChI=1S/C11H15ClN2OS/c1-8(6-7-16-2)13-11(15)9-4-3-5-10(12)14-9/h3-5,8H,6-7H2,1-2H3,(H,13,15). The molecule has 0 aromatic carbocycles. The van der Waals surface area contributed by atoms with Crippen molar-refractivity contribution in [2.45, 2.75) is 19.4 Å². The number of rotatable bonds is 5. The number of pyridine rings is 1. The van der Waals surface area contributed by atoms with Gasteiger partial charge < -0.3 is 5.32 Å². The molecule has 0 spiro atoms. The van der Waals surface area contributed by atoms with E-state index in [1.807, 2.05) is 13.2 Å². The van der Waals surface area contributed by atoms with Crippen molar-refractivity contribution >= 4 is 29.3 Å². The Morgan fingerprint density at radius 3 is 3.00 bits per heavy atom. The van der Waals surface area contributed by atoms with E-state index in [4.69, 9.17) is 11.6 Å². The fourth-order valence-electron chi connectivity index (χ4n) is 1.20. The number of amides is 1. The van der Waals surface area contributed by atoms with Crippen molar-refractivity contribution in [1.29, 1.82) is 0 Å². The van der Waals surface area contributed by atoms with Crippen LogP contribution < -0.4 is 5.32 Å². The second-order valence-corrected chi connectivity index (χ2v) is 4.87. The molecule has 1 N–H and O–H groups in total. The van der Waals surface area contributed by atoms with Gasteiger partial charge in [-0.1, -0.05) is 17.7 Å². The van der Waals surface area contributed by atoms with Crippen LogP contribution in [0.5, 0.6) is 0 Å². The van der Waals surface area contributed by atoms with Gasteiger partial charge in [0.05, 0.1) is 0 Å². The van der Waals surface area contributed by atoms with E-state index in [-0.39, 0.29) is 11.9 Å². The normalized spacial score (nSPS) is 12.2. The van der Waals surface area contributed by atoms with Crippen LogP contribution in [0.4, 0.5) is 0 Å². The van der Waals surface area contributed by atoms with Crippen LogP contribution in [0.3, 0.4) is 0 Å². The molecule has 0 fully saturated rings. The fraction of sp³-hybridized carbons (Fsp3) is 0.455. The molecule has 0 radical (unpaired) electrons. The smallest absolute Gasteiger partial charge is 0.270 e. The maximum absolute atomic E-state index is 11.7. The average Bonchev–Trinajstić information content (AvgIpc) is 2.26. The quantitative estimate of drug-likeness (QED) is 0.826. The molecule has 0 bridgehead atoms. The van der Waals surface area contributed by atoms with Crippen LogP contribution >= 0.6 is 23.4 Å². The topological polar surface area (TPSA) is 42.0 Å². The number of thioether (sulfide) groups is 1. The Bertz CT molecular complexity index is 360. The monoisotopic (exact) mass is 258 g/mol. The molecule has 1 heterocycles. The van der Waals surface area contributed by atoms with E-state index in [2.05, 4.69) is 10.3 Å². The maximum atomic E-state index is 11.7. The van der Waals surface area contributed by atoms with Gasteiger partial charge in [-0.05, 0) is 37.5 Å². The van der Waals surface area contributed by atoms with E-state index in [9.17, 15) is 4.79 Å². The summed E-state index contributed by atoms with van der Waals surface area (Å²) in [5, 5.41) is 3.22. The molecule has 3 nitrogen and oxygen atoms in total. The van der Waals surface area contributed by atoms with Crippen LogP contribution in [0.15, 0.2) is 18.2 Å². The van der Waals surface area contributed by atoms with Crippen LogP contribution in [-0.2, 0) is 0 Å². The lowest BCUT2D eigenvalue weighted by atomic mass is 10.2. The van der Waals surface area contributed by atoms with Crippen LogP contribution in [0, 0.1) is 0 Å². The Labute approximate surface area is 105 Å². The third-order valence-corrected chi connectivity index (χ3v) is 2.93. The molecule has 1 amide bonds. The summed E-state index contributed by atoms with van der Waals surface area (Å²) in [5.74, 6) is 0.862. The molecule has 1 rings (SSSR count). The van der Waals surface area contributed by atoms with E-state index in [0.29, 0.717) is 10.8 Å². The average molecular weight is 259 g/mol. The number of aromatic nitrogens is 1. The van der Waals surface area contributed by atoms with Crippen LogP contribution in [0.2, 0.25) is 5.15 Å². The number of nitrogens with zero attached hydrogens (tertiary/aromatic N) is 1. The molecule has 1 aromatic rings. The summed E-state index contributed by atoms with van der Waals surface area (Å²) in [5.41, 5.74) is 0.364. The van der Waals surface area contributed by atoms with Gasteiger partial charge in [-0.3, -0.25) is 4.79 Å². The molecule has 1 atom stereocenters. The first-order chi connectivity index (χ1) is 7.63. The molecular weight excluding hydrogens is 244 g/mol. The van der Waals surface area contributed by atoms with Gasteiger partial charge >= 0.3 is 0 Å². The second kappa shape index (κ2) is 6.76. The van der Waals surface area contributed by atoms with E-state index < -0.39 is 0 Å². The SMILES string of the molecule is CSCCC(C)NC(=O)c1cccc(Cl)n1. The van der Waals surface area contributed by atoms with Crippen LogP contribution in [-0.4, -0.2) is 28.9 Å². The van der Waals surface area contributed by atoms with E-state index in [0.717, 1.165) is 12.2 Å². The molecule has 88 valence electrons. The van der Waals surface area contributed by atoms with Gasteiger partial charge in [-0.2, -0.15) is 11.8 Å². The van der Waals surface area contributed by atoms with Gasteiger partial charge in [0.15, 0.2) is 0 Å². The van der Waals surface area contributed by atoms with Crippen molar-refractivity contribution in [1.82, 2.24) is 10.3 Å². The van der Waals surface area contributed by atoms with E-state index >= 15 is 0 Å². The van der Waals surface area contributed by atoms with Crippen molar-refractivity contribution in [2.75, 3.05) is 12.0 Å². The lowest BCUT2D eigenvalue weighted by molar-refractivity contribution is 0.0934. The lowest BCUT2D eigenvalue weighted by Gasteiger charge is -2.12. The van der Waals surface area contributed by atoms with Crippen molar-refractivity contribution in [2.24, 2.45) is 0 Å². The van der Waals surface area contributed by atoms with Gasteiger partial charge in [0.2, 0.25) is 0 Å². The van der Waals surface area contributed by atoms with E-state index in [1.165, 1.54) is 0 Å². The Balaban J connectivity index is 2.52. The van der Waals surface area contributed by atoms with E-state index in [1.54, 1.807) is 30.0 Å². The molecule has 5 heteroatoms. The highest BCUT2D eigenvalue weighted by molar-refractivity contribution is 7.98. The number of carbonyl (C=O) groups is 1. The number of carbonyl (C=O) groups excluding carboxylic acids is 1. The molecule has 0 aliphatic carbocycles. The highest BCUT2D eigenvalue weighted by Gasteiger charge is 2.10. The number of nitrogens with one attached hydrogen (secondary N) is 1. The van der Waals surface area contributed by atoms with Crippen LogP contribution in [0.25, 0.3) is 0 Å².